The number of H-pyrrole nitrogens is 1. The molecule has 1 aromatic carbocycles. The van der Waals surface area contributed by atoms with Crippen LogP contribution in [-0.4, -0.2) is 21.1 Å². The van der Waals surface area contributed by atoms with Gasteiger partial charge in [0.15, 0.2) is 5.82 Å². The number of aromatic nitrogens is 3. The van der Waals surface area contributed by atoms with Crippen molar-refractivity contribution in [2.45, 2.75) is 19.8 Å². The van der Waals surface area contributed by atoms with Crippen molar-refractivity contribution in [3.63, 3.8) is 0 Å². The van der Waals surface area contributed by atoms with Crippen LogP contribution in [0.3, 0.4) is 0 Å². The summed E-state index contributed by atoms with van der Waals surface area (Å²) in [7, 11) is 0. The van der Waals surface area contributed by atoms with Crippen molar-refractivity contribution in [3.8, 4) is 0 Å². The molecule has 94 valence electrons. The van der Waals surface area contributed by atoms with Gasteiger partial charge in [-0.15, -0.1) is 0 Å². The molecule has 2 aromatic rings. The molecule has 0 aliphatic heterocycles. The third kappa shape index (κ3) is 2.94. The smallest absolute Gasteiger partial charge is 0.216 e. The molecule has 0 bridgehead atoms. The number of nitrogens with zero attached hydrogens (tertiary/aromatic N) is 3. The van der Waals surface area contributed by atoms with E-state index in [1.54, 1.807) is 10.9 Å². The Hall–Kier alpha value is -1.27. The first kappa shape index (κ1) is 13.2. The highest BCUT2D eigenvalue weighted by Crippen LogP contribution is 2.12. The topological polar surface area (TPSA) is 46.0 Å². The summed E-state index contributed by atoms with van der Waals surface area (Å²) in [5, 5.41) is 11.3. The number of halogens is 1. The molecule has 0 fully saturated rings. The second kappa shape index (κ2) is 5.58. The zero-order valence-corrected chi connectivity index (χ0v) is 12.5. The predicted octanol–water partition coefficient (Wildman–Crippen LogP) is 3.71. The molecule has 0 unspecified atom stereocenters. The number of nitrogens with one attached hydrogen (secondary N) is 1. The first-order valence-corrected chi connectivity index (χ1v) is 6.75. The quantitative estimate of drug-likeness (QED) is 0.691. The van der Waals surface area contributed by atoms with Gasteiger partial charge in [0.25, 0.3) is 0 Å². The van der Waals surface area contributed by atoms with Gasteiger partial charge in [-0.05, 0) is 29.9 Å². The molecule has 0 aliphatic carbocycles. The molecule has 0 saturated heterocycles. The molecular weight excluding hydrogens is 312 g/mol. The number of hydrogen-bond acceptors (Lipinski definition) is 3. The lowest BCUT2D eigenvalue weighted by Gasteiger charge is -2.02. The van der Waals surface area contributed by atoms with Crippen molar-refractivity contribution in [1.82, 2.24) is 14.9 Å². The Morgan fingerprint density at radius 2 is 2.06 bits per heavy atom. The molecule has 6 heteroatoms. The minimum Gasteiger partial charge on any atom is -0.250 e. The van der Waals surface area contributed by atoms with Crippen LogP contribution in [0.25, 0.3) is 0 Å². The van der Waals surface area contributed by atoms with Crippen LogP contribution in [0.5, 0.6) is 0 Å². The van der Waals surface area contributed by atoms with Gasteiger partial charge >= 0.3 is 0 Å². The van der Waals surface area contributed by atoms with Crippen molar-refractivity contribution in [1.29, 1.82) is 0 Å². The molecule has 0 amide bonds. The molecule has 0 radical (unpaired) electrons. The van der Waals surface area contributed by atoms with E-state index in [2.05, 4.69) is 45.1 Å². The summed E-state index contributed by atoms with van der Waals surface area (Å²) in [6.45, 7) is 4.10. The highest BCUT2D eigenvalue weighted by atomic mass is 79.9. The van der Waals surface area contributed by atoms with Crippen LogP contribution in [0.4, 0.5) is 0 Å². The Bertz CT molecular complexity index is 610. The molecular formula is C12H13BrN4S. The van der Waals surface area contributed by atoms with Gasteiger partial charge in [-0.3, -0.25) is 5.10 Å². The number of hydrogen-bond donors (Lipinski definition) is 1. The summed E-state index contributed by atoms with van der Waals surface area (Å²) >= 11 is 8.55. The maximum atomic E-state index is 5.15. The first-order valence-electron chi connectivity index (χ1n) is 5.55. The summed E-state index contributed by atoms with van der Waals surface area (Å²) in [6.07, 6.45) is 1.77. The molecule has 4 nitrogen and oxygen atoms in total. The standard InChI is InChI=1S/C12H13BrN4S/c1-8(2)11-15-16-12(18)17(11)14-7-9-3-5-10(13)6-4-9/h3-8H,1-2H3,(H,16,18)/b14-7+. The van der Waals surface area contributed by atoms with Gasteiger partial charge in [-0.25, -0.2) is 0 Å². The molecule has 0 aliphatic rings. The fourth-order valence-corrected chi connectivity index (χ4v) is 1.91. The highest BCUT2D eigenvalue weighted by Gasteiger charge is 2.08. The second-order valence-corrected chi connectivity index (χ2v) is 5.45. The summed E-state index contributed by atoms with van der Waals surface area (Å²) in [4.78, 5) is 0. The fourth-order valence-electron chi connectivity index (χ4n) is 1.46. The van der Waals surface area contributed by atoms with Crippen LogP contribution in [0.2, 0.25) is 0 Å². The third-order valence-corrected chi connectivity index (χ3v) is 3.18. The maximum Gasteiger partial charge on any atom is 0.216 e. The van der Waals surface area contributed by atoms with Crippen molar-refractivity contribution < 1.29 is 0 Å². The number of benzene rings is 1. The lowest BCUT2D eigenvalue weighted by atomic mass is 10.2. The van der Waals surface area contributed by atoms with E-state index in [9.17, 15) is 0 Å². The van der Waals surface area contributed by atoms with E-state index < -0.39 is 0 Å². The Morgan fingerprint density at radius 1 is 1.39 bits per heavy atom. The zero-order chi connectivity index (χ0) is 13.1. The molecule has 0 saturated carbocycles. The lowest BCUT2D eigenvalue weighted by molar-refractivity contribution is 0.695. The third-order valence-electron chi connectivity index (χ3n) is 2.38. The van der Waals surface area contributed by atoms with Crippen molar-refractivity contribution in [3.05, 3.63) is 44.9 Å². The number of rotatable bonds is 3. The molecule has 1 aromatic heterocycles. The summed E-state index contributed by atoms with van der Waals surface area (Å²) in [5.74, 6) is 1.09. The van der Waals surface area contributed by atoms with Gasteiger partial charge in [0.1, 0.15) is 0 Å². The van der Waals surface area contributed by atoms with Crippen LogP contribution < -0.4 is 0 Å². The normalized spacial score (nSPS) is 11.6. The van der Waals surface area contributed by atoms with E-state index in [-0.39, 0.29) is 5.92 Å². The van der Waals surface area contributed by atoms with Gasteiger partial charge in [-0.2, -0.15) is 14.9 Å². The van der Waals surface area contributed by atoms with E-state index >= 15 is 0 Å². The molecule has 0 spiro atoms. The Labute approximate surface area is 119 Å². The minimum absolute atomic E-state index is 0.264. The van der Waals surface area contributed by atoms with E-state index in [0.29, 0.717) is 4.77 Å². The Kier molecular flexibility index (Phi) is 4.08. The van der Waals surface area contributed by atoms with Crippen molar-refractivity contribution in [2.75, 3.05) is 0 Å². The van der Waals surface area contributed by atoms with Crippen molar-refractivity contribution in [2.24, 2.45) is 5.10 Å². The summed E-state index contributed by atoms with van der Waals surface area (Å²) in [6, 6.07) is 7.90. The van der Waals surface area contributed by atoms with Crippen LogP contribution in [-0.2, 0) is 0 Å². The van der Waals surface area contributed by atoms with E-state index in [0.717, 1.165) is 15.9 Å². The van der Waals surface area contributed by atoms with Gasteiger partial charge in [0.05, 0.1) is 6.21 Å². The Morgan fingerprint density at radius 3 is 2.67 bits per heavy atom. The highest BCUT2D eigenvalue weighted by molar-refractivity contribution is 9.10. The zero-order valence-electron chi connectivity index (χ0n) is 10.1. The van der Waals surface area contributed by atoms with Gasteiger partial charge in [0.2, 0.25) is 4.77 Å². The van der Waals surface area contributed by atoms with E-state index in [1.807, 2.05) is 24.3 Å². The molecule has 1 heterocycles. The van der Waals surface area contributed by atoms with E-state index in [1.165, 1.54) is 0 Å². The molecule has 0 atom stereocenters. The maximum absolute atomic E-state index is 5.15. The number of aromatic amines is 1. The Balaban J connectivity index is 2.31. The van der Waals surface area contributed by atoms with Crippen LogP contribution in [0, 0.1) is 4.77 Å². The molecule has 1 N–H and O–H groups in total. The first-order chi connectivity index (χ1) is 8.58. The van der Waals surface area contributed by atoms with Crippen molar-refractivity contribution >= 4 is 34.4 Å². The fraction of sp³-hybridized carbons (Fsp3) is 0.250. The summed E-state index contributed by atoms with van der Waals surface area (Å²) in [5.41, 5.74) is 1.01. The molecule has 18 heavy (non-hydrogen) atoms. The van der Waals surface area contributed by atoms with Crippen LogP contribution >= 0.6 is 28.1 Å². The monoisotopic (exact) mass is 324 g/mol. The largest absolute Gasteiger partial charge is 0.250 e. The summed E-state index contributed by atoms with van der Waals surface area (Å²) < 4.78 is 3.21. The van der Waals surface area contributed by atoms with E-state index in [4.69, 9.17) is 12.2 Å². The molecule has 2 rings (SSSR count). The van der Waals surface area contributed by atoms with Gasteiger partial charge < -0.3 is 0 Å². The average Bonchev–Trinajstić information content (AvgIpc) is 2.70. The minimum atomic E-state index is 0.264. The lowest BCUT2D eigenvalue weighted by Crippen LogP contribution is -2.00. The van der Waals surface area contributed by atoms with Crippen LogP contribution in [0.1, 0.15) is 31.2 Å². The second-order valence-electron chi connectivity index (χ2n) is 4.15. The predicted molar refractivity (Wildman–Crippen MR) is 78.6 cm³/mol. The SMILES string of the molecule is CC(C)c1n[nH]c(=S)n1/N=C/c1ccc(Br)cc1. The van der Waals surface area contributed by atoms with Gasteiger partial charge in [0, 0.05) is 10.4 Å². The van der Waals surface area contributed by atoms with Gasteiger partial charge in [-0.1, -0.05) is 41.9 Å². The average molecular weight is 325 g/mol. The van der Waals surface area contributed by atoms with Crippen LogP contribution in [0.15, 0.2) is 33.8 Å².